The lowest BCUT2D eigenvalue weighted by Gasteiger charge is -2.21. The Balaban J connectivity index is 2.20. The third-order valence-electron chi connectivity index (χ3n) is 3.68. The van der Waals surface area contributed by atoms with Crippen LogP contribution in [0.4, 0.5) is 0 Å². The summed E-state index contributed by atoms with van der Waals surface area (Å²) in [5, 5.41) is 12.9. The topological polar surface area (TPSA) is 108 Å². The number of aryl methyl sites for hydroxylation is 1. The Hall–Kier alpha value is -2.41. The first-order chi connectivity index (χ1) is 11.0. The maximum Gasteiger partial charge on any atom is 0.264 e. The minimum absolute atomic E-state index is 0.0572. The van der Waals surface area contributed by atoms with E-state index in [1.807, 2.05) is 20.8 Å². The maximum atomic E-state index is 12.4. The molecule has 0 aliphatic carbocycles. The monoisotopic (exact) mass is 333 g/mol. The second-order valence-electron chi connectivity index (χ2n) is 7.06. The first-order valence-corrected chi connectivity index (χ1v) is 7.68. The van der Waals surface area contributed by atoms with Gasteiger partial charge >= 0.3 is 0 Å². The Labute approximate surface area is 140 Å². The molecule has 130 valence electrons. The number of nitrogens with one attached hydrogen (secondary N) is 2. The summed E-state index contributed by atoms with van der Waals surface area (Å²) in [7, 11) is 0. The number of aromatic amines is 1. The van der Waals surface area contributed by atoms with Crippen LogP contribution in [-0.2, 0) is 11.0 Å². The predicted molar refractivity (Wildman–Crippen MR) is 88.9 cm³/mol. The van der Waals surface area contributed by atoms with Crippen LogP contribution < -0.4 is 10.9 Å². The maximum absolute atomic E-state index is 12.4. The number of hydrogen-bond acceptors (Lipinski definition) is 5. The van der Waals surface area contributed by atoms with Gasteiger partial charge in [-0.15, -0.1) is 0 Å². The van der Waals surface area contributed by atoms with Crippen LogP contribution in [0, 0.1) is 6.92 Å². The average molecular weight is 333 g/mol. The molecule has 0 saturated heterocycles. The van der Waals surface area contributed by atoms with Gasteiger partial charge in [-0.25, -0.2) is 4.98 Å². The highest BCUT2D eigenvalue weighted by molar-refractivity contribution is 5.94. The number of carbonyl (C=O) groups excluding carboxylic acids is 1. The largest absolute Gasteiger partial charge is 0.466 e. The first-order valence-electron chi connectivity index (χ1n) is 7.68. The van der Waals surface area contributed by atoms with Crippen molar-refractivity contribution >= 4 is 5.91 Å². The zero-order chi connectivity index (χ0) is 18.1. The van der Waals surface area contributed by atoms with Crippen LogP contribution in [0.5, 0.6) is 0 Å². The van der Waals surface area contributed by atoms with Gasteiger partial charge in [0.05, 0.1) is 18.5 Å². The molecule has 1 atom stereocenters. The Morgan fingerprint density at radius 1 is 1.38 bits per heavy atom. The summed E-state index contributed by atoms with van der Waals surface area (Å²) in [5.74, 6) is 0.257. The molecular weight excluding hydrogens is 310 g/mol. The van der Waals surface area contributed by atoms with E-state index >= 15 is 0 Å². The van der Waals surface area contributed by atoms with Gasteiger partial charge < -0.3 is 19.8 Å². The number of carbonyl (C=O) groups is 1. The molecule has 2 rings (SSSR count). The van der Waals surface area contributed by atoms with E-state index < -0.39 is 17.1 Å². The summed E-state index contributed by atoms with van der Waals surface area (Å²) in [6.07, 6.45) is 1.44. The van der Waals surface area contributed by atoms with Gasteiger partial charge in [-0.05, 0) is 26.0 Å². The summed E-state index contributed by atoms with van der Waals surface area (Å²) in [5.41, 5.74) is -1.92. The van der Waals surface area contributed by atoms with Crippen LogP contribution in [0.25, 0.3) is 0 Å². The van der Waals surface area contributed by atoms with Crippen molar-refractivity contribution < 1.29 is 14.3 Å². The molecule has 0 bridgehead atoms. The van der Waals surface area contributed by atoms with Crippen molar-refractivity contribution in [3.05, 3.63) is 51.6 Å². The van der Waals surface area contributed by atoms with E-state index in [0.717, 1.165) is 0 Å². The Morgan fingerprint density at radius 2 is 2.04 bits per heavy atom. The third kappa shape index (κ3) is 3.73. The summed E-state index contributed by atoms with van der Waals surface area (Å²) in [6.45, 7) is 8.80. The highest BCUT2D eigenvalue weighted by atomic mass is 16.4. The fourth-order valence-electron chi connectivity index (χ4n) is 2.22. The standard InChI is InChI=1S/C17H23N3O4/c1-10-12(14(22)20-15(19-10)16(2,3)4)13(21)18-9-17(5,23)11-7-6-8-24-11/h6-8,23H,9H2,1-5H3,(H,18,21)(H,19,20,22)/t17-/m0/s1. The van der Waals surface area contributed by atoms with Crippen LogP contribution in [-0.4, -0.2) is 27.5 Å². The lowest BCUT2D eigenvalue weighted by molar-refractivity contribution is 0.0330. The Bertz CT molecular complexity index is 783. The molecule has 24 heavy (non-hydrogen) atoms. The molecule has 7 nitrogen and oxygen atoms in total. The lowest BCUT2D eigenvalue weighted by Crippen LogP contribution is -2.41. The van der Waals surface area contributed by atoms with Crippen LogP contribution >= 0.6 is 0 Å². The van der Waals surface area contributed by atoms with Gasteiger partial charge in [0.25, 0.3) is 11.5 Å². The minimum Gasteiger partial charge on any atom is -0.466 e. The fourth-order valence-corrected chi connectivity index (χ4v) is 2.22. The van der Waals surface area contributed by atoms with Gasteiger partial charge in [-0.1, -0.05) is 20.8 Å². The van der Waals surface area contributed by atoms with Crippen LogP contribution in [0.2, 0.25) is 0 Å². The minimum atomic E-state index is -1.38. The fraction of sp³-hybridized carbons (Fsp3) is 0.471. The van der Waals surface area contributed by atoms with Gasteiger partial charge in [-0.3, -0.25) is 9.59 Å². The Kier molecular flexibility index (Phi) is 4.66. The molecule has 2 aromatic heterocycles. The van der Waals surface area contributed by atoms with Crippen molar-refractivity contribution in [2.24, 2.45) is 0 Å². The molecule has 3 N–H and O–H groups in total. The van der Waals surface area contributed by atoms with Crippen LogP contribution in [0.1, 0.15) is 55.3 Å². The van der Waals surface area contributed by atoms with Gasteiger partial charge in [0, 0.05) is 5.41 Å². The second kappa shape index (κ2) is 6.24. The van der Waals surface area contributed by atoms with E-state index in [4.69, 9.17) is 4.42 Å². The van der Waals surface area contributed by atoms with E-state index in [0.29, 0.717) is 17.3 Å². The van der Waals surface area contributed by atoms with Crippen LogP contribution in [0.15, 0.2) is 27.6 Å². The quantitative estimate of drug-likeness (QED) is 0.788. The van der Waals surface area contributed by atoms with Crippen molar-refractivity contribution in [3.8, 4) is 0 Å². The van der Waals surface area contributed by atoms with Gasteiger partial charge in [-0.2, -0.15) is 0 Å². The number of aliphatic hydroxyl groups is 1. The molecule has 0 aliphatic rings. The molecule has 1 amide bonds. The summed E-state index contributed by atoms with van der Waals surface area (Å²) < 4.78 is 5.16. The number of H-pyrrole nitrogens is 1. The normalized spacial score (nSPS) is 14.2. The van der Waals surface area contributed by atoms with Crippen molar-refractivity contribution in [2.45, 2.75) is 45.6 Å². The summed E-state index contributed by atoms with van der Waals surface area (Å²) >= 11 is 0. The molecule has 2 heterocycles. The number of amides is 1. The van der Waals surface area contributed by atoms with Gasteiger partial charge in [0.2, 0.25) is 0 Å². The zero-order valence-corrected chi connectivity index (χ0v) is 14.6. The average Bonchev–Trinajstić information content (AvgIpc) is 2.98. The lowest BCUT2D eigenvalue weighted by atomic mass is 9.95. The van der Waals surface area contributed by atoms with Crippen molar-refractivity contribution in [1.82, 2.24) is 15.3 Å². The number of rotatable bonds is 4. The van der Waals surface area contributed by atoms with E-state index in [2.05, 4.69) is 15.3 Å². The highest BCUT2D eigenvalue weighted by Gasteiger charge is 2.28. The second-order valence-corrected chi connectivity index (χ2v) is 7.06. The predicted octanol–water partition coefficient (Wildman–Crippen LogP) is 1.61. The molecular formula is C17H23N3O4. The molecule has 0 unspecified atom stereocenters. The molecule has 0 spiro atoms. The van der Waals surface area contributed by atoms with Crippen molar-refractivity contribution in [3.63, 3.8) is 0 Å². The summed E-state index contributed by atoms with van der Waals surface area (Å²) in [4.78, 5) is 31.6. The van der Waals surface area contributed by atoms with E-state index in [1.165, 1.54) is 13.2 Å². The first kappa shape index (κ1) is 17.9. The van der Waals surface area contributed by atoms with E-state index in [-0.39, 0.29) is 17.5 Å². The summed E-state index contributed by atoms with van der Waals surface area (Å²) in [6, 6.07) is 3.26. The van der Waals surface area contributed by atoms with Crippen molar-refractivity contribution in [1.29, 1.82) is 0 Å². The van der Waals surface area contributed by atoms with Gasteiger partial charge in [0.1, 0.15) is 22.7 Å². The number of furan rings is 1. The SMILES string of the molecule is Cc1nc(C(C)(C)C)[nH]c(=O)c1C(=O)NC[C@](C)(O)c1ccco1. The molecule has 2 aromatic rings. The molecule has 0 saturated carbocycles. The molecule has 0 aromatic carbocycles. The Morgan fingerprint density at radius 3 is 2.54 bits per heavy atom. The number of hydrogen-bond donors (Lipinski definition) is 3. The molecule has 0 radical (unpaired) electrons. The van der Waals surface area contributed by atoms with Gasteiger partial charge in [0.15, 0.2) is 0 Å². The third-order valence-corrected chi connectivity index (χ3v) is 3.68. The smallest absolute Gasteiger partial charge is 0.264 e. The number of aromatic nitrogens is 2. The zero-order valence-electron chi connectivity index (χ0n) is 14.6. The van der Waals surface area contributed by atoms with Crippen molar-refractivity contribution in [2.75, 3.05) is 6.54 Å². The molecule has 7 heteroatoms. The van der Waals surface area contributed by atoms with E-state index in [9.17, 15) is 14.7 Å². The molecule has 0 aliphatic heterocycles. The van der Waals surface area contributed by atoms with Crippen LogP contribution in [0.3, 0.4) is 0 Å². The van der Waals surface area contributed by atoms with E-state index in [1.54, 1.807) is 19.1 Å². The molecule has 0 fully saturated rings. The number of nitrogens with zero attached hydrogens (tertiary/aromatic N) is 1. The highest BCUT2D eigenvalue weighted by Crippen LogP contribution is 2.20.